The second-order valence-electron chi connectivity index (χ2n) is 5.60. The molecule has 1 aliphatic heterocycles. The first-order valence-corrected chi connectivity index (χ1v) is 7.46. The number of primary amides is 1. The van der Waals surface area contributed by atoms with Crippen LogP contribution in [0.4, 0.5) is 5.69 Å². The van der Waals surface area contributed by atoms with Gasteiger partial charge in [-0.1, -0.05) is 0 Å². The van der Waals surface area contributed by atoms with Crippen molar-refractivity contribution in [3.05, 3.63) is 23.2 Å². The largest absolute Gasteiger partial charge is 0.396 e. The number of pyridine rings is 1. The van der Waals surface area contributed by atoms with Gasteiger partial charge in [0.2, 0.25) is 5.91 Å². The van der Waals surface area contributed by atoms with Crippen molar-refractivity contribution < 1.29 is 9.59 Å². The summed E-state index contributed by atoms with van der Waals surface area (Å²) in [7, 11) is 0. The van der Waals surface area contributed by atoms with Crippen molar-refractivity contribution in [3.8, 4) is 0 Å². The van der Waals surface area contributed by atoms with Crippen LogP contribution in [0.15, 0.2) is 18.3 Å². The van der Waals surface area contributed by atoms with E-state index in [4.69, 9.17) is 11.5 Å². The summed E-state index contributed by atoms with van der Waals surface area (Å²) >= 11 is 1.33. The number of fused-ring (bicyclic) bond motifs is 1. The van der Waals surface area contributed by atoms with Gasteiger partial charge in [-0.3, -0.25) is 14.6 Å². The first kappa shape index (κ1) is 13.8. The lowest BCUT2D eigenvalue weighted by molar-refractivity contribution is -0.126. The molecule has 1 fully saturated rings. The van der Waals surface area contributed by atoms with Gasteiger partial charge in [0, 0.05) is 19.3 Å². The minimum absolute atomic E-state index is 0.152. The third kappa shape index (κ3) is 2.13. The van der Waals surface area contributed by atoms with Crippen LogP contribution in [0.2, 0.25) is 0 Å². The molecule has 0 aliphatic carbocycles. The van der Waals surface area contributed by atoms with E-state index in [1.165, 1.54) is 11.3 Å². The summed E-state index contributed by atoms with van der Waals surface area (Å²) in [5.41, 5.74) is 11.9. The van der Waals surface area contributed by atoms with E-state index in [-0.39, 0.29) is 11.8 Å². The molecule has 2 aromatic heterocycles. The van der Waals surface area contributed by atoms with Crippen LogP contribution in [0.3, 0.4) is 0 Å². The Labute approximate surface area is 125 Å². The van der Waals surface area contributed by atoms with E-state index in [1.54, 1.807) is 18.0 Å². The Kier molecular flexibility index (Phi) is 3.09. The van der Waals surface area contributed by atoms with Gasteiger partial charge >= 0.3 is 0 Å². The molecular formula is C14H16N4O2S. The minimum Gasteiger partial charge on any atom is -0.396 e. The maximum absolute atomic E-state index is 12.6. The number of carbonyl (C=O) groups excluding carboxylic acids is 2. The summed E-state index contributed by atoms with van der Waals surface area (Å²) in [5, 5.41) is 0. The molecule has 21 heavy (non-hydrogen) atoms. The van der Waals surface area contributed by atoms with Gasteiger partial charge in [0.05, 0.1) is 15.8 Å². The molecule has 2 amide bonds. The molecule has 1 aliphatic rings. The number of amides is 2. The first-order valence-electron chi connectivity index (χ1n) is 6.64. The van der Waals surface area contributed by atoms with Gasteiger partial charge in [-0.2, -0.15) is 0 Å². The lowest BCUT2D eigenvalue weighted by atomic mass is 9.89. The van der Waals surface area contributed by atoms with Gasteiger partial charge in [0.1, 0.15) is 10.4 Å². The molecule has 0 radical (unpaired) electrons. The molecule has 6 nitrogen and oxygen atoms in total. The van der Waals surface area contributed by atoms with E-state index in [0.29, 0.717) is 35.6 Å². The zero-order valence-corrected chi connectivity index (χ0v) is 12.4. The van der Waals surface area contributed by atoms with Crippen molar-refractivity contribution in [2.24, 2.45) is 11.1 Å². The summed E-state index contributed by atoms with van der Waals surface area (Å²) in [6.45, 7) is 2.64. The summed E-state index contributed by atoms with van der Waals surface area (Å²) in [4.78, 5) is 30.4. The molecular weight excluding hydrogens is 288 g/mol. The highest BCUT2D eigenvalue weighted by atomic mass is 32.1. The smallest absolute Gasteiger partial charge is 0.266 e. The number of nitrogens with two attached hydrogens (primary N) is 2. The molecule has 0 bridgehead atoms. The fourth-order valence-electron chi connectivity index (χ4n) is 2.59. The summed E-state index contributed by atoms with van der Waals surface area (Å²) in [5.74, 6) is -0.524. The number of likely N-dealkylation sites (tertiary alicyclic amines) is 1. The molecule has 110 valence electrons. The highest BCUT2D eigenvalue weighted by molar-refractivity contribution is 7.21. The van der Waals surface area contributed by atoms with Crippen molar-refractivity contribution >= 4 is 39.1 Å². The standard InChI is InChI=1S/C14H16N4O2S/c1-14(13(16)20)4-6-18(7-14)12(19)11-9(15)10-8(21-11)3-2-5-17-10/h2-3,5H,4,6-7,15H2,1H3,(H2,16,20). The fourth-order valence-corrected chi connectivity index (χ4v) is 3.63. The van der Waals surface area contributed by atoms with Gasteiger partial charge in [0.15, 0.2) is 0 Å². The Hall–Kier alpha value is -2.15. The van der Waals surface area contributed by atoms with Crippen LogP contribution in [-0.2, 0) is 4.79 Å². The van der Waals surface area contributed by atoms with Crippen molar-refractivity contribution in [1.29, 1.82) is 0 Å². The van der Waals surface area contributed by atoms with Gasteiger partial charge < -0.3 is 16.4 Å². The summed E-state index contributed by atoms with van der Waals surface area (Å²) in [6, 6.07) is 3.70. The number of thiophene rings is 1. The SMILES string of the molecule is CC1(C(N)=O)CCN(C(=O)c2sc3cccnc3c2N)C1. The van der Waals surface area contributed by atoms with Crippen LogP contribution < -0.4 is 11.5 Å². The first-order chi connectivity index (χ1) is 9.92. The number of aromatic nitrogens is 1. The topological polar surface area (TPSA) is 102 Å². The zero-order chi connectivity index (χ0) is 15.2. The molecule has 2 aromatic rings. The Morgan fingerprint density at radius 1 is 1.48 bits per heavy atom. The van der Waals surface area contributed by atoms with Gasteiger partial charge in [0.25, 0.3) is 5.91 Å². The predicted molar refractivity (Wildman–Crippen MR) is 81.9 cm³/mol. The normalized spacial score (nSPS) is 21.9. The van der Waals surface area contributed by atoms with E-state index < -0.39 is 5.41 Å². The highest BCUT2D eigenvalue weighted by Crippen LogP contribution is 2.36. The van der Waals surface area contributed by atoms with E-state index in [9.17, 15) is 9.59 Å². The number of rotatable bonds is 2. The maximum atomic E-state index is 12.6. The third-order valence-corrected chi connectivity index (χ3v) is 5.18. The molecule has 0 spiro atoms. The second-order valence-corrected chi connectivity index (χ2v) is 6.65. The van der Waals surface area contributed by atoms with E-state index in [0.717, 1.165) is 4.70 Å². The number of nitrogen functional groups attached to an aromatic ring is 1. The van der Waals surface area contributed by atoms with Crippen molar-refractivity contribution in [2.75, 3.05) is 18.8 Å². The average molecular weight is 304 g/mol. The monoisotopic (exact) mass is 304 g/mol. The van der Waals surface area contributed by atoms with E-state index in [2.05, 4.69) is 4.98 Å². The highest BCUT2D eigenvalue weighted by Gasteiger charge is 2.41. The fraction of sp³-hybridized carbons (Fsp3) is 0.357. The lowest BCUT2D eigenvalue weighted by Gasteiger charge is -2.20. The molecule has 7 heteroatoms. The molecule has 3 heterocycles. The second kappa shape index (κ2) is 4.70. The summed E-state index contributed by atoms with van der Waals surface area (Å²) < 4.78 is 0.884. The van der Waals surface area contributed by atoms with E-state index >= 15 is 0 Å². The van der Waals surface area contributed by atoms with Gasteiger partial charge in [-0.15, -0.1) is 11.3 Å². The molecule has 1 unspecified atom stereocenters. The number of hydrogen-bond donors (Lipinski definition) is 2. The van der Waals surface area contributed by atoms with Crippen LogP contribution >= 0.6 is 11.3 Å². The van der Waals surface area contributed by atoms with Gasteiger partial charge in [-0.05, 0) is 25.5 Å². The lowest BCUT2D eigenvalue weighted by Crippen LogP contribution is -2.38. The Morgan fingerprint density at radius 3 is 2.86 bits per heavy atom. The van der Waals surface area contributed by atoms with Crippen molar-refractivity contribution in [1.82, 2.24) is 9.88 Å². The number of carbonyl (C=O) groups is 2. The maximum Gasteiger partial charge on any atom is 0.266 e. The number of nitrogens with zero attached hydrogens (tertiary/aromatic N) is 2. The van der Waals surface area contributed by atoms with Crippen molar-refractivity contribution in [2.45, 2.75) is 13.3 Å². The van der Waals surface area contributed by atoms with Gasteiger partial charge in [-0.25, -0.2) is 0 Å². The minimum atomic E-state index is -0.653. The van der Waals surface area contributed by atoms with Crippen LogP contribution in [0.5, 0.6) is 0 Å². The molecule has 0 aromatic carbocycles. The molecule has 1 saturated heterocycles. The zero-order valence-electron chi connectivity index (χ0n) is 11.6. The molecule has 1 atom stereocenters. The Balaban J connectivity index is 1.92. The molecule has 0 saturated carbocycles. The van der Waals surface area contributed by atoms with Crippen molar-refractivity contribution in [3.63, 3.8) is 0 Å². The quantitative estimate of drug-likeness (QED) is 0.870. The van der Waals surface area contributed by atoms with Crippen LogP contribution in [-0.4, -0.2) is 34.8 Å². The predicted octanol–water partition coefficient (Wildman–Crippen LogP) is 1.22. The third-order valence-electron chi connectivity index (χ3n) is 4.03. The van der Waals surface area contributed by atoms with Crippen LogP contribution in [0.1, 0.15) is 23.0 Å². The Bertz CT molecular complexity index is 742. The molecule has 4 N–H and O–H groups in total. The van der Waals surface area contributed by atoms with E-state index in [1.807, 2.05) is 12.1 Å². The Morgan fingerprint density at radius 2 is 2.24 bits per heavy atom. The number of anilines is 1. The van der Waals surface area contributed by atoms with Crippen LogP contribution in [0.25, 0.3) is 10.2 Å². The number of hydrogen-bond acceptors (Lipinski definition) is 5. The summed E-state index contributed by atoms with van der Waals surface area (Å²) in [6.07, 6.45) is 2.23. The molecule has 3 rings (SSSR count). The average Bonchev–Trinajstić information content (AvgIpc) is 3.01. The van der Waals surface area contributed by atoms with Crippen LogP contribution in [0, 0.1) is 5.41 Å².